The highest BCUT2D eigenvalue weighted by molar-refractivity contribution is 7.09. The van der Waals surface area contributed by atoms with E-state index in [9.17, 15) is 4.79 Å². The SMILES string of the molecule is Cc1c(C(=O)N2CCCCC2c2nccs2)nnn1C1CCNCC1. The molecule has 8 heteroatoms. The molecule has 4 heterocycles. The lowest BCUT2D eigenvalue weighted by molar-refractivity contribution is 0.0604. The number of likely N-dealkylation sites (tertiary alicyclic amines) is 1. The highest BCUT2D eigenvalue weighted by atomic mass is 32.1. The van der Waals surface area contributed by atoms with Crippen LogP contribution < -0.4 is 5.32 Å². The highest BCUT2D eigenvalue weighted by Crippen LogP contribution is 2.33. The number of carbonyl (C=O) groups excluding carboxylic acids is 1. The number of piperidine rings is 2. The number of thiazole rings is 1. The molecule has 1 unspecified atom stereocenters. The molecule has 2 fully saturated rings. The molecule has 2 aliphatic rings. The molecule has 25 heavy (non-hydrogen) atoms. The van der Waals surface area contributed by atoms with Crippen LogP contribution in [0.4, 0.5) is 0 Å². The maximum atomic E-state index is 13.2. The van der Waals surface area contributed by atoms with Crippen molar-refractivity contribution in [3.8, 4) is 0 Å². The van der Waals surface area contributed by atoms with E-state index < -0.39 is 0 Å². The number of aromatic nitrogens is 4. The van der Waals surface area contributed by atoms with Crippen molar-refractivity contribution < 1.29 is 4.79 Å². The van der Waals surface area contributed by atoms with Gasteiger partial charge in [-0.2, -0.15) is 0 Å². The second-order valence-electron chi connectivity index (χ2n) is 6.83. The minimum Gasteiger partial charge on any atom is -0.328 e. The fourth-order valence-electron chi connectivity index (χ4n) is 3.90. The van der Waals surface area contributed by atoms with E-state index in [-0.39, 0.29) is 11.9 Å². The van der Waals surface area contributed by atoms with Gasteiger partial charge in [-0.25, -0.2) is 9.67 Å². The molecule has 134 valence electrons. The molecule has 0 saturated carbocycles. The van der Waals surface area contributed by atoms with E-state index in [1.54, 1.807) is 11.3 Å². The molecule has 1 N–H and O–H groups in total. The molecule has 0 spiro atoms. The summed E-state index contributed by atoms with van der Waals surface area (Å²) in [7, 11) is 0. The molecule has 0 radical (unpaired) electrons. The van der Waals surface area contributed by atoms with Crippen LogP contribution in [0.5, 0.6) is 0 Å². The summed E-state index contributed by atoms with van der Waals surface area (Å²) in [5.74, 6) is -0.00224. The number of nitrogens with zero attached hydrogens (tertiary/aromatic N) is 5. The molecular weight excluding hydrogens is 336 g/mol. The fraction of sp³-hybridized carbons (Fsp3) is 0.647. The highest BCUT2D eigenvalue weighted by Gasteiger charge is 2.33. The van der Waals surface area contributed by atoms with Crippen molar-refractivity contribution in [3.63, 3.8) is 0 Å². The lowest BCUT2D eigenvalue weighted by atomic mass is 10.0. The van der Waals surface area contributed by atoms with Crippen molar-refractivity contribution >= 4 is 17.2 Å². The largest absolute Gasteiger partial charge is 0.328 e. The van der Waals surface area contributed by atoms with Crippen molar-refractivity contribution in [2.75, 3.05) is 19.6 Å². The molecule has 2 aliphatic heterocycles. The maximum Gasteiger partial charge on any atom is 0.276 e. The van der Waals surface area contributed by atoms with E-state index in [4.69, 9.17) is 0 Å². The van der Waals surface area contributed by atoms with E-state index in [0.717, 1.165) is 62.4 Å². The van der Waals surface area contributed by atoms with E-state index in [1.165, 1.54) is 0 Å². The Bertz CT molecular complexity index is 722. The Labute approximate surface area is 151 Å². The van der Waals surface area contributed by atoms with Crippen LogP contribution in [0.1, 0.15) is 65.4 Å². The smallest absolute Gasteiger partial charge is 0.276 e. The van der Waals surface area contributed by atoms with Gasteiger partial charge in [0.2, 0.25) is 0 Å². The van der Waals surface area contributed by atoms with Crippen molar-refractivity contribution in [2.24, 2.45) is 0 Å². The first kappa shape index (κ1) is 16.7. The van der Waals surface area contributed by atoms with Crippen LogP contribution in [-0.4, -0.2) is 50.4 Å². The van der Waals surface area contributed by atoms with Gasteiger partial charge in [0, 0.05) is 18.1 Å². The Morgan fingerprint density at radius 1 is 1.28 bits per heavy atom. The van der Waals surface area contributed by atoms with Gasteiger partial charge >= 0.3 is 0 Å². The molecular formula is C17H24N6OS. The summed E-state index contributed by atoms with van der Waals surface area (Å²) in [6.45, 7) is 4.72. The second-order valence-corrected chi connectivity index (χ2v) is 7.76. The maximum absolute atomic E-state index is 13.2. The Hall–Kier alpha value is -1.80. The summed E-state index contributed by atoms with van der Waals surface area (Å²) in [6.07, 6.45) is 7.02. The third-order valence-electron chi connectivity index (χ3n) is 5.28. The van der Waals surface area contributed by atoms with Gasteiger partial charge < -0.3 is 10.2 Å². The zero-order valence-electron chi connectivity index (χ0n) is 14.5. The van der Waals surface area contributed by atoms with E-state index >= 15 is 0 Å². The summed E-state index contributed by atoms with van der Waals surface area (Å²) >= 11 is 1.62. The minimum absolute atomic E-state index is 0.00224. The zero-order valence-corrected chi connectivity index (χ0v) is 15.3. The summed E-state index contributed by atoms with van der Waals surface area (Å²) in [4.78, 5) is 19.6. The van der Waals surface area contributed by atoms with Crippen LogP contribution >= 0.6 is 11.3 Å². The predicted molar refractivity (Wildman–Crippen MR) is 95.6 cm³/mol. The summed E-state index contributed by atoms with van der Waals surface area (Å²) in [5.41, 5.74) is 1.39. The molecule has 0 aliphatic carbocycles. The standard InChI is InChI=1S/C17H24N6OS/c1-12-15(20-21-23(12)13-5-7-18-8-6-13)17(24)22-10-3-2-4-14(22)16-19-9-11-25-16/h9,11,13-14,18H,2-8,10H2,1H3. The summed E-state index contributed by atoms with van der Waals surface area (Å²) in [5, 5.41) is 15.0. The van der Waals surface area contributed by atoms with Crippen molar-refractivity contribution in [2.45, 2.75) is 51.1 Å². The first-order valence-corrected chi connectivity index (χ1v) is 9.96. The molecule has 2 saturated heterocycles. The molecule has 1 amide bonds. The van der Waals surface area contributed by atoms with Gasteiger partial charge in [-0.05, 0) is 52.1 Å². The van der Waals surface area contributed by atoms with Crippen molar-refractivity contribution in [1.82, 2.24) is 30.2 Å². The quantitative estimate of drug-likeness (QED) is 0.909. The van der Waals surface area contributed by atoms with Gasteiger partial charge in [-0.1, -0.05) is 5.21 Å². The van der Waals surface area contributed by atoms with Gasteiger partial charge in [-0.3, -0.25) is 4.79 Å². The van der Waals surface area contributed by atoms with Gasteiger partial charge in [-0.15, -0.1) is 16.4 Å². The Balaban J connectivity index is 1.58. The van der Waals surface area contributed by atoms with Crippen LogP contribution in [-0.2, 0) is 0 Å². The Morgan fingerprint density at radius 3 is 2.88 bits per heavy atom. The minimum atomic E-state index is -0.00224. The number of carbonyl (C=O) groups is 1. The average Bonchev–Trinajstić information content (AvgIpc) is 3.32. The van der Waals surface area contributed by atoms with Crippen molar-refractivity contribution in [1.29, 1.82) is 0 Å². The van der Waals surface area contributed by atoms with Crippen molar-refractivity contribution in [3.05, 3.63) is 28.0 Å². The average molecular weight is 360 g/mol. The second kappa shape index (κ2) is 7.21. The first-order valence-electron chi connectivity index (χ1n) is 9.08. The van der Waals surface area contributed by atoms with Crippen LogP contribution in [0.15, 0.2) is 11.6 Å². The Kier molecular flexibility index (Phi) is 4.80. The number of nitrogens with one attached hydrogen (secondary N) is 1. The molecule has 2 aromatic heterocycles. The number of amides is 1. The van der Waals surface area contributed by atoms with Crippen LogP contribution in [0, 0.1) is 6.92 Å². The Morgan fingerprint density at radius 2 is 2.12 bits per heavy atom. The lowest BCUT2D eigenvalue weighted by Crippen LogP contribution is -2.39. The van der Waals surface area contributed by atoms with Crippen LogP contribution in [0.2, 0.25) is 0 Å². The molecule has 7 nitrogen and oxygen atoms in total. The normalized spacial score (nSPS) is 22.3. The van der Waals surface area contributed by atoms with E-state index in [0.29, 0.717) is 11.7 Å². The summed E-state index contributed by atoms with van der Waals surface area (Å²) in [6, 6.07) is 0.413. The number of hydrogen-bond acceptors (Lipinski definition) is 6. The van der Waals surface area contributed by atoms with Crippen LogP contribution in [0.25, 0.3) is 0 Å². The summed E-state index contributed by atoms with van der Waals surface area (Å²) < 4.78 is 1.95. The topological polar surface area (TPSA) is 75.9 Å². The molecule has 1 atom stereocenters. The third kappa shape index (κ3) is 3.20. The number of rotatable bonds is 3. The lowest BCUT2D eigenvalue weighted by Gasteiger charge is -2.34. The van der Waals surface area contributed by atoms with Gasteiger partial charge in [0.25, 0.3) is 5.91 Å². The third-order valence-corrected chi connectivity index (χ3v) is 6.16. The zero-order chi connectivity index (χ0) is 17.2. The van der Waals surface area contributed by atoms with Gasteiger partial charge in [0.05, 0.1) is 17.8 Å². The first-order chi connectivity index (χ1) is 12.3. The molecule has 0 aromatic carbocycles. The molecule has 2 aromatic rings. The monoisotopic (exact) mass is 360 g/mol. The van der Waals surface area contributed by atoms with E-state index in [1.807, 2.05) is 28.1 Å². The van der Waals surface area contributed by atoms with Gasteiger partial charge in [0.1, 0.15) is 5.01 Å². The number of hydrogen-bond donors (Lipinski definition) is 1. The van der Waals surface area contributed by atoms with Crippen LogP contribution in [0.3, 0.4) is 0 Å². The van der Waals surface area contributed by atoms with E-state index in [2.05, 4.69) is 20.6 Å². The predicted octanol–water partition coefficient (Wildman–Crippen LogP) is 2.33. The van der Waals surface area contributed by atoms with Gasteiger partial charge in [0.15, 0.2) is 5.69 Å². The molecule has 0 bridgehead atoms. The fourth-order valence-corrected chi connectivity index (χ4v) is 4.69. The molecule has 4 rings (SSSR count).